The molecular formula is C12H21BO2. The third kappa shape index (κ3) is 2.35. The minimum Gasteiger partial charge on any atom is -0.399 e. The summed E-state index contributed by atoms with van der Waals surface area (Å²) in [5.74, 6) is 0. The van der Waals surface area contributed by atoms with E-state index >= 15 is 0 Å². The topological polar surface area (TPSA) is 18.5 Å². The van der Waals surface area contributed by atoms with Gasteiger partial charge in [0.15, 0.2) is 0 Å². The lowest BCUT2D eigenvalue weighted by atomic mass is 9.78. The number of hydrogen-bond donors (Lipinski definition) is 0. The Labute approximate surface area is 93.5 Å². The molecule has 3 heteroatoms. The van der Waals surface area contributed by atoms with Crippen molar-refractivity contribution in [2.45, 2.75) is 52.7 Å². The van der Waals surface area contributed by atoms with Crippen LogP contribution < -0.4 is 0 Å². The Morgan fingerprint density at radius 1 is 1.00 bits per heavy atom. The van der Waals surface area contributed by atoms with Crippen LogP contribution >= 0.6 is 0 Å². The molecule has 0 aromatic heterocycles. The second-order valence-corrected chi connectivity index (χ2v) is 4.88. The monoisotopic (exact) mass is 208 g/mol. The molecule has 2 nitrogen and oxygen atoms in total. The minimum absolute atomic E-state index is 0.240. The van der Waals surface area contributed by atoms with Gasteiger partial charge in [0.05, 0.1) is 11.2 Å². The van der Waals surface area contributed by atoms with Crippen LogP contribution in [0.4, 0.5) is 0 Å². The highest BCUT2D eigenvalue weighted by molar-refractivity contribution is 6.55. The number of allylic oxidation sites excluding steroid dienone is 4. The summed E-state index contributed by atoms with van der Waals surface area (Å²) >= 11 is 0. The van der Waals surface area contributed by atoms with E-state index in [0.29, 0.717) is 0 Å². The van der Waals surface area contributed by atoms with E-state index in [-0.39, 0.29) is 18.3 Å². The molecule has 0 aliphatic carbocycles. The van der Waals surface area contributed by atoms with Crippen molar-refractivity contribution < 1.29 is 9.31 Å². The highest BCUT2D eigenvalue weighted by Crippen LogP contribution is 2.38. The molecule has 15 heavy (non-hydrogen) atoms. The summed E-state index contributed by atoms with van der Waals surface area (Å²) in [6.07, 6.45) is 6.06. The molecule has 1 aliphatic rings. The summed E-state index contributed by atoms with van der Waals surface area (Å²) in [5, 5.41) is 0. The van der Waals surface area contributed by atoms with Crippen molar-refractivity contribution in [3.05, 3.63) is 23.7 Å². The van der Waals surface area contributed by atoms with Gasteiger partial charge in [-0.25, -0.2) is 0 Å². The molecule has 0 spiro atoms. The molecule has 1 rings (SSSR count). The summed E-state index contributed by atoms with van der Waals surface area (Å²) in [4.78, 5) is 0. The van der Waals surface area contributed by atoms with Gasteiger partial charge in [-0.2, -0.15) is 0 Å². The fourth-order valence-electron chi connectivity index (χ4n) is 1.48. The predicted molar refractivity (Wildman–Crippen MR) is 64.7 cm³/mol. The van der Waals surface area contributed by atoms with Gasteiger partial charge in [0.2, 0.25) is 0 Å². The van der Waals surface area contributed by atoms with E-state index in [4.69, 9.17) is 9.31 Å². The van der Waals surface area contributed by atoms with E-state index < -0.39 is 0 Å². The molecule has 84 valence electrons. The lowest BCUT2D eigenvalue weighted by Gasteiger charge is -2.32. The highest BCUT2D eigenvalue weighted by Gasteiger charge is 2.51. The summed E-state index contributed by atoms with van der Waals surface area (Å²) < 4.78 is 11.9. The zero-order valence-electron chi connectivity index (χ0n) is 10.6. The highest BCUT2D eigenvalue weighted by atomic mass is 16.7. The fourth-order valence-corrected chi connectivity index (χ4v) is 1.48. The molecule has 0 unspecified atom stereocenters. The molecule has 0 atom stereocenters. The van der Waals surface area contributed by atoms with Crippen LogP contribution in [0.2, 0.25) is 0 Å². The van der Waals surface area contributed by atoms with Crippen molar-refractivity contribution in [2.24, 2.45) is 0 Å². The van der Waals surface area contributed by atoms with Crippen LogP contribution in [0.3, 0.4) is 0 Å². The van der Waals surface area contributed by atoms with E-state index in [9.17, 15) is 0 Å². The van der Waals surface area contributed by atoms with Gasteiger partial charge in [0, 0.05) is 0 Å². The third-order valence-electron chi connectivity index (χ3n) is 3.22. The molecule has 1 heterocycles. The Balaban J connectivity index is 2.87. The van der Waals surface area contributed by atoms with Crippen LogP contribution in [-0.2, 0) is 9.31 Å². The molecule has 1 fully saturated rings. The maximum atomic E-state index is 5.93. The molecule has 0 aromatic carbocycles. The molecule has 1 saturated heterocycles. The maximum absolute atomic E-state index is 5.93. The first-order valence-electron chi connectivity index (χ1n) is 5.48. The van der Waals surface area contributed by atoms with Crippen LogP contribution in [0.15, 0.2) is 23.7 Å². The average Bonchev–Trinajstić information content (AvgIpc) is 2.32. The van der Waals surface area contributed by atoms with Crippen molar-refractivity contribution >= 4 is 7.12 Å². The van der Waals surface area contributed by atoms with Gasteiger partial charge in [0.25, 0.3) is 0 Å². The van der Waals surface area contributed by atoms with Gasteiger partial charge in [-0.1, -0.05) is 18.2 Å². The summed E-state index contributed by atoms with van der Waals surface area (Å²) in [7, 11) is -0.240. The first kappa shape index (κ1) is 12.5. The quantitative estimate of drug-likeness (QED) is 0.512. The molecule has 0 N–H and O–H groups in total. The van der Waals surface area contributed by atoms with E-state index in [0.717, 1.165) is 5.47 Å². The van der Waals surface area contributed by atoms with Crippen molar-refractivity contribution in [3.8, 4) is 0 Å². The zero-order valence-corrected chi connectivity index (χ0v) is 10.6. The van der Waals surface area contributed by atoms with Crippen molar-refractivity contribution in [1.82, 2.24) is 0 Å². The molecule has 0 radical (unpaired) electrons. The molecular weight excluding hydrogens is 187 g/mol. The summed E-state index contributed by atoms with van der Waals surface area (Å²) in [6.45, 7) is 12.3. The molecule has 0 amide bonds. The third-order valence-corrected chi connectivity index (χ3v) is 3.22. The number of rotatable bonds is 2. The van der Waals surface area contributed by atoms with Crippen LogP contribution in [0.5, 0.6) is 0 Å². The zero-order chi connectivity index (χ0) is 11.7. The van der Waals surface area contributed by atoms with E-state index in [1.807, 2.05) is 32.1 Å². The predicted octanol–water partition coefficient (Wildman–Crippen LogP) is 3.14. The summed E-state index contributed by atoms with van der Waals surface area (Å²) in [6, 6.07) is 0. The van der Waals surface area contributed by atoms with Crippen molar-refractivity contribution in [2.75, 3.05) is 0 Å². The SMILES string of the molecule is CC=CC(=CC)B1OC(C)(C)C(C)(C)O1. The lowest BCUT2D eigenvalue weighted by Crippen LogP contribution is -2.41. The van der Waals surface area contributed by atoms with Crippen LogP contribution in [0, 0.1) is 0 Å². The van der Waals surface area contributed by atoms with Gasteiger partial charge in [-0.05, 0) is 47.0 Å². The smallest absolute Gasteiger partial charge is 0.399 e. The fraction of sp³-hybridized carbons (Fsp3) is 0.667. The van der Waals surface area contributed by atoms with E-state index in [1.165, 1.54) is 0 Å². The minimum atomic E-state index is -0.256. The van der Waals surface area contributed by atoms with Gasteiger partial charge >= 0.3 is 7.12 Å². The van der Waals surface area contributed by atoms with Crippen molar-refractivity contribution in [1.29, 1.82) is 0 Å². The van der Waals surface area contributed by atoms with Gasteiger partial charge in [0.1, 0.15) is 0 Å². The van der Waals surface area contributed by atoms with Gasteiger partial charge in [-0.15, -0.1) is 0 Å². The summed E-state index contributed by atoms with van der Waals surface area (Å²) in [5.41, 5.74) is 0.567. The second-order valence-electron chi connectivity index (χ2n) is 4.88. The molecule has 0 bridgehead atoms. The first-order valence-corrected chi connectivity index (χ1v) is 5.48. The van der Waals surface area contributed by atoms with Crippen LogP contribution in [0.25, 0.3) is 0 Å². The van der Waals surface area contributed by atoms with Gasteiger partial charge < -0.3 is 9.31 Å². The number of hydrogen-bond acceptors (Lipinski definition) is 2. The Hall–Kier alpha value is -0.535. The standard InChI is InChI=1S/C12H21BO2/c1-7-9-10(8-2)13-14-11(3,4)12(5,6)15-13/h7-9H,1-6H3. The van der Waals surface area contributed by atoms with E-state index in [1.54, 1.807) is 0 Å². The Kier molecular flexibility index (Phi) is 3.46. The Morgan fingerprint density at radius 3 is 1.80 bits per heavy atom. The second kappa shape index (κ2) is 4.15. The Morgan fingerprint density at radius 2 is 1.47 bits per heavy atom. The normalized spacial score (nSPS) is 25.2. The lowest BCUT2D eigenvalue weighted by molar-refractivity contribution is 0.00578. The van der Waals surface area contributed by atoms with E-state index in [2.05, 4.69) is 27.7 Å². The average molecular weight is 208 g/mol. The molecule has 1 aliphatic heterocycles. The van der Waals surface area contributed by atoms with Gasteiger partial charge in [-0.3, -0.25) is 0 Å². The van der Waals surface area contributed by atoms with Crippen molar-refractivity contribution in [3.63, 3.8) is 0 Å². The largest absolute Gasteiger partial charge is 0.494 e. The Bertz CT molecular complexity index is 274. The molecule has 0 saturated carbocycles. The van der Waals surface area contributed by atoms with Crippen LogP contribution in [-0.4, -0.2) is 18.3 Å². The van der Waals surface area contributed by atoms with Crippen LogP contribution in [0.1, 0.15) is 41.5 Å². The molecule has 0 aromatic rings. The maximum Gasteiger partial charge on any atom is 0.494 e. The first-order chi connectivity index (χ1) is 6.84.